The molecule has 0 spiro atoms. The van der Waals surface area contributed by atoms with E-state index >= 15 is 0 Å². The maximum Gasteiger partial charge on any atom is 0.165 e. The zero-order chi connectivity index (χ0) is 15.4. The van der Waals surface area contributed by atoms with Crippen molar-refractivity contribution in [1.29, 1.82) is 0 Å². The summed E-state index contributed by atoms with van der Waals surface area (Å²) in [5.74, 6) is 2.68. The number of hydrogen-bond acceptors (Lipinski definition) is 4. The largest absolute Gasteiger partial charge is 0.493 e. The van der Waals surface area contributed by atoms with Crippen LogP contribution in [0.15, 0.2) is 18.2 Å². The van der Waals surface area contributed by atoms with Crippen LogP contribution in [-0.4, -0.2) is 56.7 Å². The highest BCUT2D eigenvalue weighted by Gasteiger charge is 2.24. The number of ether oxygens (including phenoxy) is 2. The van der Waals surface area contributed by atoms with E-state index in [4.69, 9.17) is 9.47 Å². The molecule has 2 aliphatic rings. The van der Waals surface area contributed by atoms with Crippen LogP contribution in [0.2, 0.25) is 0 Å². The summed E-state index contributed by atoms with van der Waals surface area (Å²) in [6.45, 7) is 6.94. The molecule has 0 N–H and O–H groups in total. The molecule has 0 amide bonds. The molecular formula is C18H28N2O2. The summed E-state index contributed by atoms with van der Waals surface area (Å²) in [7, 11) is 3.42. The van der Waals surface area contributed by atoms with Crippen molar-refractivity contribution >= 4 is 0 Å². The van der Waals surface area contributed by atoms with Crippen molar-refractivity contribution < 1.29 is 9.47 Å². The number of piperazine rings is 1. The summed E-state index contributed by atoms with van der Waals surface area (Å²) in [5.41, 5.74) is 1.22. The van der Waals surface area contributed by atoms with Gasteiger partial charge in [0.15, 0.2) is 11.5 Å². The molecule has 1 saturated carbocycles. The number of nitrogens with zero attached hydrogens (tertiary/aromatic N) is 2. The number of hydrogen-bond donors (Lipinski definition) is 0. The van der Waals surface area contributed by atoms with E-state index in [1.807, 2.05) is 12.1 Å². The molecule has 2 fully saturated rings. The summed E-state index contributed by atoms with van der Waals surface area (Å²) in [6, 6.07) is 6.14. The topological polar surface area (TPSA) is 24.9 Å². The van der Waals surface area contributed by atoms with Crippen molar-refractivity contribution in [2.75, 3.05) is 46.9 Å². The highest BCUT2D eigenvalue weighted by atomic mass is 16.5. The van der Waals surface area contributed by atoms with E-state index in [0.29, 0.717) is 0 Å². The molecule has 0 atom stereocenters. The molecule has 1 aliphatic heterocycles. The third kappa shape index (κ3) is 3.55. The van der Waals surface area contributed by atoms with E-state index in [-0.39, 0.29) is 0 Å². The number of benzene rings is 1. The van der Waals surface area contributed by atoms with Gasteiger partial charge in [0, 0.05) is 44.8 Å². The third-order valence-corrected chi connectivity index (χ3v) is 5.08. The van der Waals surface area contributed by atoms with Crippen LogP contribution >= 0.6 is 0 Å². The lowest BCUT2D eigenvalue weighted by Crippen LogP contribution is -2.47. The van der Waals surface area contributed by atoms with Crippen molar-refractivity contribution in [2.45, 2.75) is 25.8 Å². The molecule has 1 saturated heterocycles. The average Bonchev–Trinajstić information content (AvgIpc) is 2.52. The Labute approximate surface area is 134 Å². The van der Waals surface area contributed by atoms with E-state index < -0.39 is 0 Å². The second kappa shape index (κ2) is 7.34. The fourth-order valence-electron chi connectivity index (χ4n) is 3.49. The van der Waals surface area contributed by atoms with Gasteiger partial charge >= 0.3 is 0 Å². The first kappa shape index (κ1) is 15.6. The molecule has 0 unspecified atom stereocenters. The van der Waals surface area contributed by atoms with Crippen molar-refractivity contribution in [3.05, 3.63) is 23.8 Å². The van der Waals surface area contributed by atoms with E-state index in [9.17, 15) is 0 Å². The van der Waals surface area contributed by atoms with Crippen molar-refractivity contribution in [3.63, 3.8) is 0 Å². The Hall–Kier alpha value is -1.26. The van der Waals surface area contributed by atoms with Crippen molar-refractivity contribution in [3.8, 4) is 11.5 Å². The van der Waals surface area contributed by atoms with Gasteiger partial charge in [0.25, 0.3) is 0 Å². The van der Waals surface area contributed by atoms with Crippen LogP contribution in [0.3, 0.4) is 0 Å². The predicted octanol–water partition coefficient (Wildman–Crippen LogP) is 2.62. The molecule has 0 radical (unpaired) electrons. The smallest absolute Gasteiger partial charge is 0.165 e. The molecule has 1 aliphatic carbocycles. The van der Waals surface area contributed by atoms with Crippen LogP contribution in [0.25, 0.3) is 0 Å². The Balaban J connectivity index is 1.54. The van der Waals surface area contributed by atoms with Gasteiger partial charge in [0.2, 0.25) is 0 Å². The van der Waals surface area contributed by atoms with Gasteiger partial charge in [-0.25, -0.2) is 0 Å². The average molecular weight is 304 g/mol. The van der Waals surface area contributed by atoms with Crippen molar-refractivity contribution in [2.24, 2.45) is 5.92 Å². The zero-order valence-electron chi connectivity index (χ0n) is 13.9. The Bertz CT molecular complexity index is 480. The molecule has 1 aromatic carbocycles. The first-order valence-corrected chi connectivity index (χ1v) is 8.44. The van der Waals surface area contributed by atoms with E-state index in [1.165, 1.54) is 44.5 Å². The lowest BCUT2D eigenvalue weighted by atomic mass is 9.85. The summed E-state index contributed by atoms with van der Waals surface area (Å²) in [6.07, 6.45) is 4.34. The minimum Gasteiger partial charge on any atom is -0.493 e. The summed E-state index contributed by atoms with van der Waals surface area (Å²) in [5, 5.41) is 0. The highest BCUT2D eigenvalue weighted by molar-refractivity contribution is 5.46. The van der Waals surface area contributed by atoms with Crippen LogP contribution in [0, 0.1) is 5.92 Å². The predicted molar refractivity (Wildman–Crippen MR) is 88.6 cm³/mol. The Morgan fingerprint density at radius 3 is 2.32 bits per heavy atom. The van der Waals surface area contributed by atoms with E-state index in [2.05, 4.69) is 15.9 Å². The Kier molecular flexibility index (Phi) is 5.21. The standard InChI is InChI=1S/C18H28N2O2/c1-21-17-8-4-7-16(18(17)22-2)14-20-11-9-19(10-12-20)13-15-5-3-6-15/h4,7-8,15H,3,5-6,9-14H2,1-2H3. The molecule has 4 nitrogen and oxygen atoms in total. The molecule has 122 valence electrons. The van der Waals surface area contributed by atoms with Gasteiger partial charge in [0.1, 0.15) is 0 Å². The first-order valence-electron chi connectivity index (χ1n) is 8.44. The molecule has 0 aromatic heterocycles. The van der Waals surface area contributed by atoms with Crippen LogP contribution in [0.4, 0.5) is 0 Å². The second-order valence-electron chi connectivity index (χ2n) is 6.53. The molecule has 0 bridgehead atoms. The monoisotopic (exact) mass is 304 g/mol. The Morgan fingerprint density at radius 1 is 1.00 bits per heavy atom. The van der Waals surface area contributed by atoms with Crippen LogP contribution in [0.1, 0.15) is 24.8 Å². The molecule has 3 rings (SSSR count). The molecular weight excluding hydrogens is 276 g/mol. The lowest BCUT2D eigenvalue weighted by molar-refractivity contribution is 0.0962. The van der Waals surface area contributed by atoms with Crippen LogP contribution in [0.5, 0.6) is 11.5 Å². The first-order chi connectivity index (χ1) is 10.8. The van der Waals surface area contributed by atoms with Gasteiger partial charge < -0.3 is 14.4 Å². The number of rotatable bonds is 6. The SMILES string of the molecule is COc1cccc(CN2CCN(CC3CCC3)CC2)c1OC. The highest BCUT2D eigenvalue weighted by Crippen LogP contribution is 2.32. The number of para-hydroxylation sites is 1. The van der Waals surface area contributed by atoms with Crippen LogP contribution in [-0.2, 0) is 6.54 Å². The fraction of sp³-hybridized carbons (Fsp3) is 0.667. The summed E-state index contributed by atoms with van der Waals surface area (Å²) >= 11 is 0. The quantitative estimate of drug-likeness (QED) is 0.806. The normalized spacial score (nSPS) is 20.6. The van der Waals surface area contributed by atoms with Gasteiger partial charge in [-0.1, -0.05) is 18.6 Å². The van der Waals surface area contributed by atoms with Gasteiger partial charge in [-0.05, 0) is 24.8 Å². The second-order valence-corrected chi connectivity index (χ2v) is 6.53. The minimum atomic E-state index is 0.823. The molecule has 1 aromatic rings. The summed E-state index contributed by atoms with van der Waals surface area (Å²) in [4.78, 5) is 5.16. The maximum absolute atomic E-state index is 5.54. The summed E-state index contributed by atoms with van der Waals surface area (Å²) < 4.78 is 10.9. The maximum atomic E-state index is 5.54. The van der Waals surface area contributed by atoms with E-state index in [0.717, 1.165) is 37.1 Å². The Morgan fingerprint density at radius 2 is 1.73 bits per heavy atom. The van der Waals surface area contributed by atoms with Gasteiger partial charge in [0.05, 0.1) is 14.2 Å². The van der Waals surface area contributed by atoms with Gasteiger partial charge in [-0.3, -0.25) is 4.90 Å². The fourth-order valence-corrected chi connectivity index (χ4v) is 3.49. The molecule has 4 heteroatoms. The van der Waals surface area contributed by atoms with Gasteiger partial charge in [-0.15, -0.1) is 0 Å². The van der Waals surface area contributed by atoms with Crippen molar-refractivity contribution in [1.82, 2.24) is 9.80 Å². The minimum absolute atomic E-state index is 0.823. The number of methoxy groups -OCH3 is 2. The molecule has 22 heavy (non-hydrogen) atoms. The van der Waals surface area contributed by atoms with Crippen LogP contribution < -0.4 is 9.47 Å². The zero-order valence-corrected chi connectivity index (χ0v) is 13.9. The van der Waals surface area contributed by atoms with E-state index in [1.54, 1.807) is 14.2 Å². The third-order valence-electron chi connectivity index (χ3n) is 5.08. The van der Waals surface area contributed by atoms with Gasteiger partial charge in [-0.2, -0.15) is 0 Å². The molecule has 1 heterocycles. The lowest BCUT2D eigenvalue weighted by Gasteiger charge is -2.38.